The largest absolute Gasteiger partial charge is 0.468 e. The summed E-state index contributed by atoms with van der Waals surface area (Å²) in [5.74, 6) is -1.20. The molecule has 5 nitrogen and oxygen atoms in total. The molecule has 2 rings (SSSR count). The van der Waals surface area contributed by atoms with Crippen LogP contribution in [0.15, 0.2) is 40.6 Å². The second kappa shape index (κ2) is 7.51. The molecule has 0 amide bonds. The highest BCUT2D eigenvalue weighted by atomic mass is 32.2. The number of allylic oxidation sites excluding steroid dienone is 1. The van der Waals surface area contributed by atoms with Crippen molar-refractivity contribution in [3.63, 3.8) is 0 Å². The van der Waals surface area contributed by atoms with Crippen molar-refractivity contribution < 1.29 is 23.9 Å². The summed E-state index contributed by atoms with van der Waals surface area (Å²) in [5, 5.41) is -1.42. The Hall–Kier alpha value is -1.73. The Kier molecular flexibility index (Phi) is 5.68. The van der Waals surface area contributed by atoms with E-state index in [0.29, 0.717) is 9.80 Å². The van der Waals surface area contributed by atoms with Crippen LogP contribution in [0.4, 0.5) is 0 Å². The predicted molar refractivity (Wildman–Crippen MR) is 85.6 cm³/mol. The zero-order chi connectivity index (χ0) is 16.1. The number of hydrogen-bond acceptors (Lipinski definition) is 7. The first-order chi connectivity index (χ1) is 10.6. The van der Waals surface area contributed by atoms with Crippen LogP contribution in [0.25, 0.3) is 0 Å². The topological polar surface area (TPSA) is 69.7 Å². The lowest BCUT2D eigenvalue weighted by Crippen LogP contribution is -2.33. The van der Waals surface area contributed by atoms with E-state index in [-0.39, 0.29) is 5.78 Å². The monoisotopic (exact) mass is 338 g/mol. The van der Waals surface area contributed by atoms with Crippen LogP contribution in [0.2, 0.25) is 0 Å². The van der Waals surface area contributed by atoms with Crippen LogP contribution in [-0.4, -0.2) is 42.4 Å². The molecule has 116 valence electrons. The van der Waals surface area contributed by atoms with Gasteiger partial charge in [-0.3, -0.25) is 14.4 Å². The lowest BCUT2D eigenvalue weighted by atomic mass is 10.1. The van der Waals surface area contributed by atoms with Crippen LogP contribution in [0.1, 0.15) is 10.4 Å². The lowest BCUT2D eigenvalue weighted by molar-refractivity contribution is -0.145. The Morgan fingerprint density at radius 3 is 1.91 bits per heavy atom. The molecule has 7 heteroatoms. The van der Waals surface area contributed by atoms with Gasteiger partial charge in [-0.05, 0) is 0 Å². The third-order valence-corrected chi connectivity index (χ3v) is 5.82. The molecule has 0 spiro atoms. The van der Waals surface area contributed by atoms with Crippen molar-refractivity contribution in [2.24, 2.45) is 0 Å². The number of ketones is 1. The van der Waals surface area contributed by atoms with Crippen molar-refractivity contribution in [1.82, 2.24) is 0 Å². The van der Waals surface area contributed by atoms with E-state index in [9.17, 15) is 14.4 Å². The van der Waals surface area contributed by atoms with Crippen molar-refractivity contribution in [2.75, 3.05) is 14.2 Å². The first kappa shape index (κ1) is 16.6. The summed E-state index contributed by atoms with van der Waals surface area (Å²) in [7, 11) is 2.53. The fourth-order valence-electron chi connectivity index (χ4n) is 1.84. The quantitative estimate of drug-likeness (QED) is 0.474. The van der Waals surface area contributed by atoms with Gasteiger partial charge in [0.25, 0.3) is 0 Å². The summed E-state index contributed by atoms with van der Waals surface area (Å²) in [6.45, 7) is 0. The van der Waals surface area contributed by atoms with E-state index in [4.69, 9.17) is 9.47 Å². The number of methoxy groups -OCH3 is 2. The number of benzene rings is 1. The van der Waals surface area contributed by atoms with E-state index >= 15 is 0 Å². The second-order valence-corrected chi connectivity index (χ2v) is 6.94. The van der Waals surface area contributed by atoms with Crippen LogP contribution in [0.5, 0.6) is 0 Å². The maximum Gasteiger partial charge on any atom is 0.320 e. The van der Waals surface area contributed by atoms with Gasteiger partial charge in [-0.1, -0.05) is 30.3 Å². The summed E-state index contributed by atoms with van der Waals surface area (Å²) >= 11 is 2.29. The van der Waals surface area contributed by atoms with Crippen LogP contribution in [0.3, 0.4) is 0 Å². The highest BCUT2D eigenvalue weighted by Gasteiger charge is 2.43. The van der Waals surface area contributed by atoms with Gasteiger partial charge < -0.3 is 9.47 Å². The van der Waals surface area contributed by atoms with E-state index in [1.807, 2.05) is 6.07 Å². The smallest absolute Gasteiger partial charge is 0.320 e. The Balaban J connectivity index is 2.19. The van der Waals surface area contributed by atoms with Gasteiger partial charge in [-0.25, -0.2) is 0 Å². The van der Waals surface area contributed by atoms with E-state index < -0.39 is 22.4 Å². The maximum absolute atomic E-state index is 12.2. The van der Waals surface area contributed by atoms with E-state index in [1.54, 1.807) is 24.3 Å². The average molecular weight is 338 g/mol. The SMILES string of the molecule is COC(=O)C1SC(=CC(=O)c2ccccc2)SC1C(=O)OC. The van der Waals surface area contributed by atoms with Crippen LogP contribution in [-0.2, 0) is 19.1 Å². The minimum absolute atomic E-state index is 0.176. The van der Waals surface area contributed by atoms with Gasteiger partial charge >= 0.3 is 11.9 Å². The van der Waals surface area contributed by atoms with E-state index in [0.717, 1.165) is 23.5 Å². The molecule has 1 aromatic carbocycles. The van der Waals surface area contributed by atoms with Crippen molar-refractivity contribution >= 4 is 41.2 Å². The zero-order valence-electron chi connectivity index (χ0n) is 12.0. The van der Waals surface area contributed by atoms with E-state index in [2.05, 4.69) is 0 Å². The molecule has 0 N–H and O–H groups in total. The molecule has 1 fully saturated rings. The molecule has 2 atom stereocenters. The van der Waals surface area contributed by atoms with Crippen molar-refractivity contribution in [2.45, 2.75) is 10.5 Å². The van der Waals surface area contributed by atoms with Gasteiger partial charge in [-0.2, -0.15) is 0 Å². The molecule has 0 saturated carbocycles. The first-order valence-corrected chi connectivity index (χ1v) is 8.12. The summed E-state index contributed by atoms with van der Waals surface area (Å²) in [5.41, 5.74) is 0.548. The fourth-order valence-corrected chi connectivity index (χ4v) is 4.72. The van der Waals surface area contributed by atoms with Gasteiger partial charge in [0.1, 0.15) is 10.5 Å². The molecule has 1 aliphatic heterocycles. The normalized spacial score (nSPS) is 20.4. The highest BCUT2D eigenvalue weighted by Crippen LogP contribution is 2.48. The molecule has 1 aliphatic rings. The number of hydrogen-bond donors (Lipinski definition) is 0. The number of ether oxygens (including phenoxy) is 2. The third-order valence-electron chi connectivity index (χ3n) is 2.94. The van der Waals surface area contributed by atoms with Crippen LogP contribution in [0, 0.1) is 0 Å². The van der Waals surface area contributed by atoms with E-state index in [1.165, 1.54) is 20.3 Å². The minimum Gasteiger partial charge on any atom is -0.468 e. The predicted octanol–water partition coefficient (Wildman–Crippen LogP) is 2.27. The molecule has 1 aromatic rings. The number of carbonyl (C=O) groups is 3. The Bertz CT molecular complexity index is 586. The van der Waals surface area contributed by atoms with Gasteiger partial charge in [0, 0.05) is 15.9 Å². The van der Waals surface area contributed by atoms with Crippen molar-refractivity contribution in [3.8, 4) is 0 Å². The molecular weight excluding hydrogens is 324 g/mol. The standard InChI is InChI=1S/C15H14O5S2/c1-19-14(17)12-13(15(18)20-2)22-11(21-12)8-10(16)9-6-4-3-5-7-9/h3-8,12-13H,1-2H3. The van der Waals surface area contributed by atoms with Crippen LogP contribution < -0.4 is 0 Å². The molecule has 0 bridgehead atoms. The summed E-state index contributed by atoms with van der Waals surface area (Å²) in [4.78, 5) is 35.7. The number of thioether (sulfide) groups is 2. The van der Waals surface area contributed by atoms with Crippen LogP contribution >= 0.6 is 23.5 Å². The molecular formula is C15H14O5S2. The summed E-state index contributed by atoms with van der Waals surface area (Å²) in [6.07, 6.45) is 1.43. The Labute approximate surface area is 136 Å². The second-order valence-electron chi connectivity index (χ2n) is 4.32. The maximum atomic E-state index is 12.2. The lowest BCUT2D eigenvalue weighted by Gasteiger charge is -2.12. The average Bonchev–Trinajstić information content (AvgIpc) is 2.98. The molecule has 0 aromatic heterocycles. The molecule has 2 unspecified atom stereocenters. The molecule has 22 heavy (non-hydrogen) atoms. The number of carbonyl (C=O) groups excluding carboxylic acids is 3. The molecule has 1 saturated heterocycles. The van der Waals surface area contributed by atoms with Crippen molar-refractivity contribution in [1.29, 1.82) is 0 Å². The number of esters is 2. The van der Waals surface area contributed by atoms with Crippen molar-refractivity contribution in [3.05, 3.63) is 46.2 Å². The molecule has 0 radical (unpaired) electrons. The summed E-state index contributed by atoms with van der Waals surface area (Å²) < 4.78 is 10.0. The molecule has 1 heterocycles. The fraction of sp³-hybridized carbons (Fsp3) is 0.267. The third kappa shape index (κ3) is 3.72. The minimum atomic E-state index is -0.711. The van der Waals surface area contributed by atoms with Gasteiger partial charge in [0.2, 0.25) is 0 Å². The van der Waals surface area contributed by atoms with Gasteiger partial charge in [0.15, 0.2) is 5.78 Å². The summed E-state index contributed by atoms with van der Waals surface area (Å²) in [6, 6.07) is 8.78. The van der Waals surface area contributed by atoms with Gasteiger partial charge in [0.05, 0.1) is 14.2 Å². The highest BCUT2D eigenvalue weighted by molar-refractivity contribution is 8.26. The molecule has 0 aliphatic carbocycles. The Morgan fingerprint density at radius 1 is 0.955 bits per heavy atom. The first-order valence-electron chi connectivity index (χ1n) is 6.37. The Morgan fingerprint density at radius 2 is 1.45 bits per heavy atom. The van der Waals surface area contributed by atoms with Gasteiger partial charge in [-0.15, -0.1) is 23.5 Å². The zero-order valence-corrected chi connectivity index (χ0v) is 13.6. The number of rotatable bonds is 4.